The van der Waals surface area contributed by atoms with Crippen LogP contribution in [0.1, 0.15) is 32.3 Å². The highest BCUT2D eigenvalue weighted by molar-refractivity contribution is 8.00. The van der Waals surface area contributed by atoms with E-state index in [1.807, 2.05) is 26.8 Å². The maximum atomic E-state index is 12.2. The third-order valence-electron chi connectivity index (χ3n) is 3.19. The lowest BCUT2D eigenvalue weighted by molar-refractivity contribution is -0.138. The Kier molecular flexibility index (Phi) is 7.29. The van der Waals surface area contributed by atoms with Crippen molar-refractivity contribution in [2.75, 3.05) is 12.3 Å². The van der Waals surface area contributed by atoms with Crippen LogP contribution < -0.4 is 5.32 Å². The molecule has 0 saturated heterocycles. The minimum Gasteiger partial charge on any atom is -0.481 e. The molecule has 2 atom stereocenters. The van der Waals surface area contributed by atoms with E-state index >= 15 is 0 Å². The zero-order chi connectivity index (χ0) is 15.8. The smallest absolute Gasteiger partial charge is 0.312 e. The second-order valence-corrected chi connectivity index (χ2v) is 6.59. The van der Waals surface area contributed by atoms with Crippen molar-refractivity contribution in [2.45, 2.75) is 31.9 Å². The molecule has 0 bridgehead atoms. The number of rotatable bonds is 8. The lowest BCUT2D eigenvalue weighted by atomic mass is 9.99. The van der Waals surface area contributed by atoms with Gasteiger partial charge < -0.3 is 10.4 Å². The number of amides is 1. The van der Waals surface area contributed by atoms with Gasteiger partial charge in [-0.2, -0.15) is 0 Å². The first-order chi connectivity index (χ1) is 9.97. The lowest BCUT2D eigenvalue weighted by Crippen LogP contribution is -2.39. The molecule has 0 spiro atoms. The van der Waals surface area contributed by atoms with Crippen molar-refractivity contribution in [3.63, 3.8) is 0 Å². The van der Waals surface area contributed by atoms with Gasteiger partial charge in [-0.05, 0) is 17.2 Å². The number of aliphatic carboxylic acids is 1. The zero-order valence-corrected chi connectivity index (χ0v) is 13.5. The van der Waals surface area contributed by atoms with Crippen LogP contribution in [-0.2, 0) is 9.59 Å². The van der Waals surface area contributed by atoms with E-state index in [2.05, 4.69) is 5.32 Å². The highest BCUT2D eigenvalue weighted by Crippen LogP contribution is 2.20. The quantitative estimate of drug-likeness (QED) is 0.775. The summed E-state index contributed by atoms with van der Waals surface area (Å²) in [7, 11) is 0. The average molecular weight is 309 g/mol. The van der Waals surface area contributed by atoms with E-state index in [0.717, 1.165) is 5.75 Å². The van der Waals surface area contributed by atoms with Crippen LogP contribution in [0.15, 0.2) is 30.3 Å². The summed E-state index contributed by atoms with van der Waals surface area (Å²) in [5.74, 6) is -0.647. The Labute approximate surface area is 130 Å². The molecule has 0 aromatic heterocycles. The number of thioether (sulfide) groups is 1. The van der Waals surface area contributed by atoms with Crippen LogP contribution >= 0.6 is 11.8 Å². The van der Waals surface area contributed by atoms with Gasteiger partial charge in [0.05, 0.1) is 11.2 Å². The normalized spacial score (nSPS) is 13.7. The van der Waals surface area contributed by atoms with E-state index in [0.29, 0.717) is 5.56 Å². The molecule has 1 aromatic rings. The molecule has 0 aliphatic rings. The Morgan fingerprint density at radius 2 is 1.86 bits per heavy atom. The van der Waals surface area contributed by atoms with Crippen LogP contribution in [0.2, 0.25) is 0 Å². The number of nitrogens with one attached hydrogen (secondary N) is 1. The number of carbonyl (C=O) groups excluding carboxylic acids is 1. The molecule has 1 aromatic carbocycles. The fourth-order valence-electron chi connectivity index (χ4n) is 2.09. The molecule has 116 valence electrons. The molecule has 0 heterocycles. The predicted octanol–water partition coefficient (Wildman–Crippen LogP) is 2.75. The fourth-order valence-corrected chi connectivity index (χ4v) is 3.07. The van der Waals surface area contributed by atoms with Gasteiger partial charge >= 0.3 is 5.97 Å². The highest BCUT2D eigenvalue weighted by Gasteiger charge is 2.25. The summed E-state index contributed by atoms with van der Waals surface area (Å²) in [4.78, 5) is 23.6. The molecule has 0 aliphatic carbocycles. The summed E-state index contributed by atoms with van der Waals surface area (Å²) >= 11 is 1.59. The first-order valence-electron chi connectivity index (χ1n) is 7.14. The fraction of sp³-hybridized carbons (Fsp3) is 0.500. The maximum absolute atomic E-state index is 12.2. The molecule has 21 heavy (non-hydrogen) atoms. The van der Waals surface area contributed by atoms with Crippen LogP contribution in [0.3, 0.4) is 0 Å². The molecule has 2 N–H and O–H groups in total. The average Bonchev–Trinajstić information content (AvgIpc) is 2.45. The first-order valence-corrected chi connectivity index (χ1v) is 8.19. The highest BCUT2D eigenvalue weighted by atomic mass is 32.2. The molecule has 0 aliphatic heterocycles. The second-order valence-electron chi connectivity index (χ2n) is 5.17. The molecule has 1 amide bonds. The molecule has 0 fully saturated rings. The number of carboxylic acids is 1. The van der Waals surface area contributed by atoms with E-state index in [9.17, 15) is 14.7 Å². The number of carbonyl (C=O) groups is 2. The molecule has 0 unspecified atom stereocenters. The van der Waals surface area contributed by atoms with Crippen LogP contribution in [0.4, 0.5) is 0 Å². The van der Waals surface area contributed by atoms with Crippen molar-refractivity contribution < 1.29 is 14.7 Å². The van der Waals surface area contributed by atoms with Crippen molar-refractivity contribution in [2.24, 2.45) is 5.92 Å². The summed E-state index contributed by atoms with van der Waals surface area (Å²) in [6, 6.07) is 8.99. The Hall–Kier alpha value is -1.49. The minimum atomic E-state index is -0.925. The van der Waals surface area contributed by atoms with Crippen LogP contribution in [0, 0.1) is 5.92 Å². The zero-order valence-electron chi connectivity index (χ0n) is 12.7. The Bertz CT molecular complexity index is 462. The van der Waals surface area contributed by atoms with Gasteiger partial charge in [0.25, 0.3) is 0 Å². The van der Waals surface area contributed by atoms with E-state index in [1.165, 1.54) is 0 Å². The number of hydrogen-bond donors (Lipinski definition) is 2. The lowest BCUT2D eigenvalue weighted by Gasteiger charge is -2.21. The molecule has 0 saturated carbocycles. The summed E-state index contributed by atoms with van der Waals surface area (Å²) in [5.41, 5.74) is 0.703. The van der Waals surface area contributed by atoms with E-state index in [1.54, 1.807) is 36.0 Å². The molecule has 5 heteroatoms. The van der Waals surface area contributed by atoms with Crippen molar-refractivity contribution in [3.05, 3.63) is 35.9 Å². The van der Waals surface area contributed by atoms with E-state index in [4.69, 9.17) is 0 Å². The van der Waals surface area contributed by atoms with Gasteiger partial charge in [-0.25, -0.2) is 0 Å². The summed E-state index contributed by atoms with van der Waals surface area (Å²) in [5, 5.41) is 12.0. The van der Waals surface area contributed by atoms with Crippen molar-refractivity contribution >= 4 is 23.6 Å². The number of carboxylic acid groups (broad SMARTS) is 1. The third kappa shape index (κ3) is 5.42. The van der Waals surface area contributed by atoms with Gasteiger partial charge in [0, 0.05) is 6.54 Å². The predicted molar refractivity (Wildman–Crippen MR) is 86.6 cm³/mol. The monoisotopic (exact) mass is 309 g/mol. The van der Waals surface area contributed by atoms with Crippen LogP contribution in [0.25, 0.3) is 0 Å². The maximum Gasteiger partial charge on any atom is 0.312 e. The van der Waals surface area contributed by atoms with Crippen molar-refractivity contribution in [1.82, 2.24) is 5.32 Å². The number of benzene rings is 1. The first kappa shape index (κ1) is 17.6. The van der Waals surface area contributed by atoms with Crippen LogP contribution in [-0.4, -0.2) is 34.5 Å². The second kappa shape index (κ2) is 8.72. The largest absolute Gasteiger partial charge is 0.481 e. The number of hydrogen-bond acceptors (Lipinski definition) is 3. The van der Waals surface area contributed by atoms with E-state index in [-0.39, 0.29) is 23.6 Å². The summed E-state index contributed by atoms with van der Waals surface area (Å²) < 4.78 is 0. The Morgan fingerprint density at radius 3 is 2.33 bits per heavy atom. The molecular weight excluding hydrogens is 286 g/mol. The van der Waals surface area contributed by atoms with Gasteiger partial charge in [0.15, 0.2) is 0 Å². The Morgan fingerprint density at radius 1 is 1.24 bits per heavy atom. The third-order valence-corrected chi connectivity index (χ3v) is 4.64. The minimum absolute atomic E-state index is 0.0842. The van der Waals surface area contributed by atoms with Gasteiger partial charge in [-0.3, -0.25) is 9.59 Å². The van der Waals surface area contributed by atoms with Gasteiger partial charge in [-0.1, -0.05) is 51.1 Å². The van der Waals surface area contributed by atoms with Crippen molar-refractivity contribution in [1.29, 1.82) is 0 Å². The van der Waals surface area contributed by atoms with Gasteiger partial charge in [-0.15, -0.1) is 11.8 Å². The molecule has 1 rings (SSSR count). The molecule has 0 radical (unpaired) electrons. The Balaban J connectivity index is 2.69. The van der Waals surface area contributed by atoms with Crippen molar-refractivity contribution in [3.8, 4) is 0 Å². The molecule has 4 nitrogen and oxygen atoms in total. The topological polar surface area (TPSA) is 66.4 Å². The SMILES string of the molecule is CCS[C@@H](C(=O)NC[C@H](C(=O)O)c1ccccc1)C(C)C. The molecular formula is C16H23NO3S. The van der Waals surface area contributed by atoms with Gasteiger partial charge in [0.1, 0.15) is 0 Å². The summed E-state index contributed by atoms with van der Waals surface area (Å²) in [6.07, 6.45) is 0. The van der Waals surface area contributed by atoms with Gasteiger partial charge in [0.2, 0.25) is 5.91 Å². The van der Waals surface area contributed by atoms with Crippen LogP contribution in [0.5, 0.6) is 0 Å². The summed E-state index contributed by atoms with van der Waals surface area (Å²) in [6.45, 7) is 6.13. The van der Waals surface area contributed by atoms with E-state index < -0.39 is 11.9 Å². The standard InChI is InChI=1S/C16H23NO3S/c1-4-21-14(11(2)3)15(18)17-10-13(16(19)20)12-8-6-5-7-9-12/h5-9,11,13-14H,4,10H2,1-3H3,(H,17,18)(H,19,20)/t13-,14+/m0/s1.